The van der Waals surface area contributed by atoms with Gasteiger partial charge < -0.3 is 5.32 Å². The number of hydrogen-bond donors (Lipinski definition) is 1. The molecule has 0 aliphatic carbocycles. The van der Waals surface area contributed by atoms with E-state index in [0.717, 1.165) is 11.5 Å². The van der Waals surface area contributed by atoms with Crippen LogP contribution in [0.1, 0.15) is 5.56 Å². The molecular formula is C5H5N3S. The Labute approximate surface area is 56.6 Å². The molecular weight excluding hydrogens is 134 g/mol. The maximum Gasteiger partial charge on any atom is 0.142 e. The molecule has 0 bridgehead atoms. The van der Waals surface area contributed by atoms with Gasteiger partial charge in [-0.25, -0.2) is 4.99 Å². The monoisotopic (exact) mass is 139 g/mol. The minimum atomic E-state index is 0.870. The second kappa shape index (κ2) is 1.80. The largest absolute Gasteiger partial charge is 0.372 e. The molecule has 3 nitrogen and oxygen atoms in total. The van der Waals surface area contributed by atoms with Gasteiger partial charge in [0.05, 0.1) is 6.34 Å². The smallest absolute Gasteiger partial charge is 0.142 e. The number of aliphatic imine (C=N–C) groups is 1. The highest BCUT2D eigenvalue weighted by atomic mass is 32.1. The highest BCUT2D eigenvalue weighted by Crippen LogP contribution is 2.24. The van der Waals surface area contributed by atoms with Crippen molar-refractivity contribution in [3.8, 4) is 0 Å². The fourth-order valence-corrected chi connectivity index (χ4v) is 1.36. The van der Waals surface area contributed by atoms with E-state index in [1.54, 1.807) is 6.34 Å². The molecule has 1 aliphatic rings. The lowest BCUT2D eigenvalue weighted by Crippen LogP contribution is -2.12. The molecule has 1 aromatic rings. The van der Waals surface area contributed by atoms with E-state index in [9.17, 15) is 0 Å². The van der Waals surface area contributed by atoms with Gasteiger partial charge in [0, 0.05) is 18.3 Å². The van der Waals surface area contributed by atoms with E-state index >= 15 is 0 Å². The van der Waals surface area contributed by atoms with Gasteiger partial charge in [-0.1, -0.05) is 0 Å². The van der Waals surface area contributed by atoms with Gasteiger partial charge in [0.25, 0.3) is 0 Å². The van der Waals surface area contributed by atoms with E-state index in [0.29, 0.717) is 0 Å². The first-order valence-electron chi connectivity index (χ1n) is 2.66. The van der Waals surface area contributed by atoms with Gasteiger partial charge in [-0.3, -0.25) is 0 Å². The maximum absolute atomic E-state index is 4.07. The van der Waals surface area contributed by atoms with Crippen LogP contribution in [0.3, 0.4) is 0 Å². The third kappa shape index (κ3) is 0.712. The quantitative estimate of drug-likeness (QED) is 0.580. The summed E-state index contributed by atoms with van der Waals surface area (Å²) in [5, 5.41) is 4.04. The maximum atomic E-state index is 4.07. The number of hydrogen-bond acceptors (Lipinski definition) is 4. The predicted octanol–water partition coefficient (Wildman–Crippen LogP) is 0.906. The van der Waals surface area contributed by atoms with Crippen molar-refractivity contribution in [2.75, 3.05) is 0 Å². The summed E-state index contributed by atoms with van der Waals surface area (Å²) in [7, 11) is 0. The Hall–Kier alpha value is -0.900. The van der Waals surface area contributed by atoms with Crippen LogP contribution in [0.2, 0.25) is 0 Å². The average molecular weight is 139 g/mol. The van der Waals surface area contributed by atoms with Crippen LogP contribution < -0.4 is 5.32 Å². The second-order valence-corrected chi connectivity index (χ2v) is 2.58. The van der Waals surface area contributed by atoms with Crippen molar-refractivity contribution >= 4 is 22.9 Å². The molecule has 0 radical (unpaired) electrons. The summed E-state index contributed by atoms with van der Waals surface area (Å²) in [5.74, 6) is 0. The number of rotatable bonds is 0. The zero-order valence-corrected chi connectivity index (χ0v) is 5.48. The molecule has 0 unspecified atom stereocenters. The summed E-state index contributed by atoms with van der Waals surface area (Å²) >= 11 is 1.44. The zero-order chi connectivity index (χ0) is 6.10. The van der Waals surface area contributed by atoms with E-state index in [4.69, 9.17) is 0 Å². The van der Waals surface area contributed by atoms with Crippen LogP contribution in [0.5, 0.6) is 0 Å². The Bertz CT molecular complexity index is 240. The van der Waals surface area contributed by atoms with Crippen LogP contribution in [0.15, 0.2) is 11.2 Å². The van der Waals surface area contributed by atoms with Gasteiger partial charge in [0.1, 0.15) is 5.00 Å². The van der Waals surface area contributed by atoms with E-state index < -0.39 is 0 Å². The second-order valence-electron chi connectivity index (χ2n) is 1.80. The number of nitrogens with one attached hydrogen (secondary N) is 1. The van der Waals surface area contributed by atoms with Crippen molar-refractivity contribution in [2.24, 2.45) is 4.99 Å². The van der Waals surface area contributed by atoms with Crippen LogP contribution >= 0.6 is 11.5 Å². The minimum Gasteiger partial charge on any atom is -0.372 e. The summed E-state index contributed by atoms with van der Waals surface area (Å²) < 4.78 is 3.99. The van der Waals surface area contributed by atoms with Gasteiger partial charge in [0.15, 0.2) is 0 Å². The van der Waals surface area contributed by atoms with E-state index in [-0.39, 0.29) is 0 Å². The predicted molar refractivity (Wildman–Crippen MR) is 37.1 cm³/mol. The Kier molecular flexibility index (Phi) is 0.989. The van der Waals surface area contributed by atoms with Crippen LogP contribution in [-0.4, -0.2) is 10.7 Å². The minimum absolute atomic E-state index is 0.870. The topological polar surface area (TPSA) is 37.3 Å². The number of nitrogens with zero attached hydrogens (tertiary/aromatic N) is 2. The molecule has 0 saturated heterocycles. The zero-order valence-electron chi connectivity index (χ0n) is 4.66. The van der Waals surface area contributed by atoms with Crippen LogP contribution in [0.4, 0.5) is 5.00 Å². The SMILES string of the molecule is C1=Nc2sncc2CN1. The van der Waals surface area contributed by atoms with Gasteiger partial charge in [0.2, 0.25) is 0 Å². The van der Waals surface area contributed by atoms with Crippen molar-refractivity contribution in [3.63, 3.8) is 0 Å². The molecule has 2 rings (SSSR count). The molecule has 0 saturated carbocycles. The first kappa shape index (κ1) is 4.93. The van der Waals surface area contributed by atoms with Gasteiger partial charge >= 0.3 is 0 Å². The lowest BCUT2D eigenvalue weighted by atomic mass is 10.3. The van der Waals surface area contributed by atoms with Gasteiger partial charge in [-0.15, -0.1) is 0 Å². The van der Waals surface area contributed by atoms with Crippen molar-refractivity contribution in [1.82, 2.24) is 9.69 Å². The highest BCUT2D eigenvalue weighted by Gasteiger charge is 2.05. The molecule has 9 heavy (non-hydrogen) atoms. The van der Waals surface area contributed by atoms with Gasteiger partial charge in [-0.2, -0.15) is 4.37 Å². The third-order valence-electron chi connectivity index (χ3n) is 1.19. The van der Waals surface area contributed by atoms with Crippen molar-refractivity contribution in [2.45, 2.75) is 6.54 Å². The summed E-state index contributed by atoms with van der Waals surface area (Å²) in [4.78, 5) is 4.07. The molecule has 1 N–H and O–H groups in total. The van der Waals surface area contributed by atoms with Crippen LogP contribution in [0.25, 0.3) is 0 Å². The fraction of sp³-hybridized carbons (Fsp3) is 0.200. The summed E-state index contributed by atoms with van der Waals surface area (Å²) in [5.41, 5.74) is 1.20. The van der Waals surface area contributed by atoms with E-state index in [1.807, 2.05) is 6.20 Å². The molecule has 0 atom stereocenters. The lowest BCUT2D eigenvalue weighted by Gasteiger charge is -2.02. The normalized spacial score (nSPS) is 14.7. The highest BCUT2D eigenvalue weighted by molar-refractivity contribution is 7.10. The molecule has 2 heterocycles. The molecule has 0 amide bonds. The van der Waals surface area contributed by atoms with Crippen molar-refractivity contribution in [1.29, 1.82) is 0 Å². The van der Waals surface area contributed by atoms with Crippen LogP contribution in [-0.2, 0) is 6.54 Å². The summed E-state index contributed by atoms with van der Waals surface area (Å²) in [6.07, 6.45) is 3.56. The molecule has 1 aliphatic heterocycles. The Morgan fingerprint density at radius 1 is 1.67 bits per heavy atom. The molecule has 4 heteroatoms. The van der Waals surface area contributed by atoms with E-state index in [1.165, 1.54) is 17.1 Å². The Balaban J connectivity index is 2.53. The summed E-state index contributed by atoms with van der Waals surface area (Å²) in [6.45, 7) is 0.870. The first-order valence-corrected chi connectivity index (χ1v) is 3.43. The third-order valence-corrected chi connectivity index (χ3v) is 1.94. The Morgan fingerprint density at radius 2 is 2.67 bits per heavy atom. The number of fused-ring (bicyclic) bond motifs is 1. The van der Waals surface area contributed by atoms with E-state index in [2.05, 4.69) is 14.7 Å². The number of aromatic nitrogens is 1. The molecule has 1 aromatic heterocycles. The molecule has 0 aromatic carbocycles. The van der Waals surface area contributed by atoms with Crippen LogP contribution in [0, 0.1) is 0 Å². The van der Waals surface area contributed by atoms with Gasteiger partial charge in [-0.05, 0) is 11.5 Å². The Morgan fingerprint density at radius 3 is 3.56 bits per heavy atom. The standard InChI is InChI=1S/C5H5N3S/c1-4-2-8-9-5(4)7-3-6-1/h2-3H,1H2,(H,6,7). The summed E-state index contributed by atoms with van der Waals surface area (Å²) in [6, 6.07) is 0. The average Bonchev–Trinajstić information content (AvgIpc) is 2.33. The molecule has 0 fully saturated rings. The molecule has 0 spiro atoms. The van der Waals surface area contributed by atoms with Crippen molar-refractivity contribution in [3.05, 3.63) is 11.8 Å². The lowest BCUT2D eigenvalue weighted by molar-refractivity contribution is 0.918. The first-order chi connectivity index (χ1) is 4.47. The van der Waals surface area contributed by atoms with Crippen molar-refractivity contribution < 1.29 is 0 Å². The molecule has 46 valence electrons. The fourth-order valence-electron chi connectivity index (χ4n) is 0.741.